The van der Waals surface area contributed by atoms with Crippen molar-refractivity contribution in [3.05, 3.63) is 65.6 Å². The van der Waals surface area contributed by atoms with Gasteiger partial charge >= 0.3 is 0 Å². The quantitative estimate of drug-likeness (QED) is 0.592. The van der Waals surface area contributed by atoms with Crippen LogP contribution in [0.2, 0.25) is 0 Å². The van der Waals surface area contributed by atoms with E-state index in [0.717, 1.165) is 17.7 Å². The molecule has 0 saturated carbocycles. The largest absolute Gasteiger partial charge is 0.497 e. The molecule has 0 bridgehead atoms. The van der Waals surface area contributed by atoms with E-state index in [4.69, 9.17) is 14.0 Å². The van der Waals surface area contributed by atoms with Gasteiger partial charge in [0.25, 0.3) is 0 Å². The summed E-state index contributed by atoms with van der Waals surface area (Å²) in [6.45, 7) is 0.377. The Hall–Kier alpha value is -3.42. The zero-order chi connectivity index (χ0) is 21.1. The van der Waals surface area contributed by atoms with Crippen molar-refractivity contribution in [1.82, 2.24) is 10.1 Å². The number of halogens is 1. The average Bonchev–Trinajstić information content (AvgIpc) is 3.39. The van der Waals surface area contributed by atoms with E-state index in [1.807, 2.05) is 24.3 Å². The van der Waals surface area contributed by atoms with Crippen molar-refractivity contribution in [3.8, 4) is 11.5 Å². The highest BCUT2D eigenvalue weighted by atomic mass is 19.1. The van der Waals surface area contributed by atoms with E-state index in [0.29, 0.717) is 30.4 Å². The zero-order valence-electron chi connectivity index (χ0n) is 16.8. The standard InChI is InChI=1S/C22H22FN3O4/c1-28-17-7-3-14(4-8-17)5-10-20-24-22(25-30-20)15-11-21(27)26(13-15)16-6-9-19(29-2)18(23)12-16/h3-4,6-9,12,15H,5,10-11,13H2,1-2H3. The minimum Gasteiger partial charge on any atom is -0.497 e. The number of hydrogen-bond donors (Lipinski definition) is 0. The highest BCUT2D eigenvalue weighted by Gasteiger charge is 2.34. The van der Waals surface area contributed by atoms with Gasteiger partial charge in [0, 0.05) is 37.1 Å². The summed E-state index contributed by atoms with van der Waals surface area (Å²) < 4.78 is 29.5. The summed E-state index contributed by atoms with van der Waals surface area (Å²) in [6.07, 6.45) is 1.62. The van der Waals surface area contributed by atoms with Crippen LogP contribution in [0.15, 0.2) is 47.0 Å². The zero-order valence-corrected chi connectivity index (χ0v) is 16.8. The van der Waals surface area contributed by atoms with Crippen LogP contribution in [0.25, 0.3) is 0 Å². The molecule has 1 saturated heterocycles. The lowest BCUT2D eigenvalue weighted by Crippen LogP contribution is -2.24. The fraction of sp³-hybridized carbons (Fsp3) is 0.318. The second-order valence-corrected chi connectivity index (χ2v) is 7.12. The molecule has 3 aromatic rings. The van der Waals surface area contributed by atoms with Crippen molar-refractivity contribution in [3.63, 3.8) is 0 Å². The number of carbonyl (C=O) groups excluding carboxylic acids is 1. The first kappa shape index (κ1) is 19.9. The maximum Gasteiger partial charge on any atom is 0.227 e. The van der Waals surface area contributed by atoms with Crippen LogP contribution in [0.1, 0.15) is 29.6 Å². The first-order chi connectivity index (χ1) is 14.6. The lowest BCUT2D eigenvalue weighted by molar-refractivity contribution is -0.117. The first-order valence-corrected chi connectivity index (χ1v) is 9.66. The number of nitrogens with zero attached hydrogens (tertiary/aromatic N) is 3. The molecular weight excluding hydrogens is 389 g/mol. The third-order valence-corrected chi connectivity index (χ3v) is 5.21. The number of aryl methyl sites for hydroxylation is 2. The predicted molar refractivity (Wildman–Crippen MR) is 107 cm³/mol. The molecule has 2 aromatic carbocycles. The maximum absolute atomic E-state index is 14.0. The summed E-state index contributed by atoms with van der Waals surface area (Å²) >= 11 is 0. The number of carbonyl (C=O) groups is 1. The van der Waals surface area contributed by atoms with Gasteiger partial charge in [0.2, 0.25) is 11.8 Å². The molecule has 1 atom stereocenters. The summed E-state index contributed by atoms with van der Waals surface area (Å²) in [5.41, 5.74) is 1.63. The van der Waals surface area contributed by atoms with Crippen LogP contribution in [-0.4, -0.2) is 36.8 Å². The summed E-state index contributed by atoms with van der Waals surface area (Å²) in [5.74, 6) is 1.18. The molecule has 1 amide bonds. The van der Waals surface area contributed by atoms with Gasteiger partial charge in [0.15, 0.2) is 17.4 Å². The van der Waals surface area contributed by atoms with Gasteiger partial charge in [-0.3, -0.25) is 4.79 Å². The van der Waals surface area contributed by atoms with E-state index in [1.54, 1.807) is 18.1 Å². The van der Waals surface area contributed by atoms with Crippen molar-refractivity contribution in [1.29, 1.82) is 0 Å². The van der Waals surface area contributed by atoms with Gasteiger partial charge in [-0.05, 0) is 36.2 Å². The van der Waals surface area contributed by atoms with Gasteiger partial charge in [0.05, 0.1) is 14.2 Å². The maximum atomic E-state index is 14.0. The topological polar surface area (TPSA) is 77.7 Å². The number of methoxy groups -OCH3 is 2. The van der Waals surface area contributed by atoms with Crippen LogP contribution in [-0.2, 0) is 17.6 Å². The molecule has 1 unspecified atom stereocenters. The molecule has 0 N–H and O–H groups in total. The number of benzene rings is 2. The van der Waals surface area contributed by atoms with Crippen molar-refractivity contribution in [2.75, 3.05) is 25.7 Å². The molecule has 2 heterocycles. The van der Waals surface area contributed by atoms with Gasteiger partial charge in [-0.2, -0.15) is 4.98 Å². The van der Waals surface area contributed by atoms with Gasteiger partial charge < -0.3 is 18.9 Å². The van der Waals surface area contributed by atoms with E-state index in [-0.39, 0.29) is 24.0 Å². The molecule has 1 aromatic heterocycles. The third-order valence-electron chi connectivity index (χ3n) is 5.21. The molecule has 8 heteroatoms. The van der Waals surface area contributed by atoms with Gasteiger partial charge in [-0.15, -0.1) is 0 Å². The predicted octanol–water partition coefficient (Wildman–Crippen LogP) is 3.53. The molecule has 156 valence electrons. The van der Waals surface area contributed by atoms with Gasteiger partial charge in [-0.1, -0.05) is 17.3 Å². The van der Waals surface area contributed by atoms with Crippen LogP contribution in [0.4, 0.5) is 10.1 Å². The summed E-state index contributed by atoms with van der Waals surface area (Å²) in [6, 6.07) is 12.3. The Morgan fingerprint density at radius 2 is 1.93 bits per heavy atom. The number of anilines is 1. The van der Waals surface area contributed by atoms with E-state index < -0.39 is 5.82 Å². The Balaban J connectivity index is 1.40. The minimum absolute atomic E-state index is 0.103. The first-order valence-electron chi connectivity index (χ1n) is 9.66. The van der Waals surface area contributed by atoms with E-state index >= 15 is 0 Å². The molecular formula is C22H22FN3O4. The molecule has 7 nitrogen and oxygen atoms in total. The summed E-state index contributed by atoms with van der Waals surface area (Å²) in [7, 11) is 3.03. The normalized spacial score (nSPS) is 16.2. The highest BCUT2D eigenvalue weighted by molar-refractivity contribution is 5.96. The molecule has 1 aliphatic heterocycles. The fourth-order valence-corrected chi connectivity index (χ4v) is 3.53. The van der Waals surface area contributed by atoms with Crippen molar-refractivity contribution in [2.24, 2.45) is 0 Å². The monoisotopic (exact) mass is 411 g/mol. The Labute approximate surface area is 173 Å². The van der Waals surface area contributed by atoms with Crippen molar-refractivity contribution >= 4 is 11.6 Å². The molecule has 0 spiro atoms. The van der Waals surface area contributed by atoms with Crippen LogP contribution >= 0.6 is 0 Å². The molecule has 1 fully saturated rings. The molecule has 1 aliphatic rings. The Bertz CT molecular complexity index is 1040. The molecule has 30 heavy (non-hydrogen) atoms. The fourth-order valence-electron chi connectivity index (χ4n) is 3.53. The highest BCUT2D eigenvalue weighted by Crippen LogP contribution is 2.32. The summed E-state index contributed by atoms with van der Waals surface area (Å²) in [4.78, 5) is 18.5. The number of ether oxygens (including phenoxy) is 2. The Kier molecular flexibility index (Phi) is 5.65. The van der Waals surface area contributed by atoms with Crippen molar-refractivity contribution < 1.29 is 23.2 Å². The average molecular weight is 411 g/mol. The molecule has 4 rings (SSSR count). The smallest absolute Gasteiger partial charge is 0.227 e. The van der Waals surface area contributed by atoms with E-state index in [1.165, 1.54) is 19.2 Å². The van der Waals surface area contributed by atoms with Crippen LogP contribution in [0.5, 0.6) is 11.5 Å². The summed E-state index contributed by atoms with van der Waals surface area (Å²) in [5, 5.41) is 4.07. The van der Waals surface area contributed by atoms with E-state index in [2.05, 4.69) is 10.1 Å². The van der Waals surface area contributed by atoms with Crippen molar-refractivity contribution in [2.45, 2.75) is 25.2 Å². The third kappa shape index (κ3) is 4.12. The van der Waals surface area contributed by atoms with Crippen LogP contribution in [0, 0.1) is 5.82 Å². The lowest BCUT2D eigenvalue weighted by Gasteiger charge is -2.16. The number of amides is 1. The van der Waals surface area contributed by atoms with E-state index in [9.17, 15) is 9.18 Å². The number of hydrogen-bond acceptors (Lipinski definition) is 6. The molecule has 0 radical (unpaired) electrons. The Morgan fingerprint density at radius 3 is 2.63 bits per heavy atom. The number of rotatable bonds is 7. The van der Waals surface area contributed by atoms with Gasteiger partial charge in [-0.25, -0.2) is 4.39 Å². The Morgan fingerprint density at radius 1 is 1.13 bits per heavy atom. The lowest BCUT2D eigenvalue weighted by atomic mass is 10.1. The number of aromatic nitrogens is 2. The minimum atomic E-state index is -0.508. The second-order valence-electron chi connectivity index (χ2n) is 7.12. The van der Waals surface area contributed by atoms with Crippen LogP contribution in [0.3, 0.4) is 0 Å². The van der Waals surface area contributed by atoms with Gasteiger partial charge in [0.1, 0.15) is 5.75 Å². The molecule has 0 aliphatic carbocycles. The second kappa shape index (κ2) is 8.52. The van der Waals surface area contributed by atoms with Crippen LogP contribution < -0.4 is 14.4 Å². The SMILES string of the molecule is COc1ccc(CCc2nc(C3CC(=O)N(c4ccc(OC)c(F)c4)C3)no2)cc1.